The number of anilines is 2. The molecule has 0 spiro atoms. The molecule has 0 atom stereocenters. The first-order valence-electron chi connectivity index (χ1n) is 10.0. The number of rotatable bonds is 5. The van der Waals surface area contributed by atoms with Crippen LogP contribution in [0, 0.1) is 0 Å². The second-order valence-electron chi connectivity index (χ2n) is 7.41. The smallest absolute Gasteiger partial charge is 0.255 e. The fraction of sp³-hybridized carbons (Fsp3) is 0.160. The van der Waals surface area contributed by atoms with Crippen LogP contribution in [0.15, 0.2) is 60.7 Å². The van der Waals surface area contributed by atoms with Crippen LogP contribution in [-0.4, -0.2) is 17.5 Å². The molecule has 1 aliphatic rings. The van der Waals surface area contributed by atoms with E-state index in [1.54, 1.807) is 48.5 Å². The lowest BCUT2D eigenvalue weighted by Gasteiger charge is -2.21. The number of carbonyl (C=O) groups is 3. The van der Waals surface area contributed by atoms with Gasteiger partial charge in [-0.3, -0.25) is 14.4 Å². The molecular weight excluding hydrogens is 376 g/mol. The van der Waals surface area contributed by atoms with E-state index < -0.39 is 0 Å². The number of nitrogen functional groups attached to an aromatic ring is 1. The maximum atomic E-state index is 13.1. The van der Waals surface area contributed by atoms with Gasteiger partial charge in [0.15, 0.2) is 11.6 Å². The second-order valence-corrected chi connectivity index (χ2v) is 7.41. The number of hydrogen-bond donors (Lipinski definition) is 2. The maximum Gasteiger partial charge on any atom is 0.255 e. The van der Waals surface area contributed by atoms with Crippen molar-refractivity contribution < 1.29 is 14.4 Å². The molecule has 0 aliphatic heterocycles. The number of unbranched alkanes of at least 4 members (excludes halogenated alkanes) is 1. The van der Waals surface area contributed by atoms with Crippen molar-refractivity contribution in [1.82, 2.24) is 0 Å². The minimum absolute atomic E-state index is 0.145. The van der Waals surface area contributed by atoms with Crippen molar-refractivity contribution >= 4 is 28.8 Å². The summed E-state index contributed by atoms with van der Waals surface area (Å²) in [7, 11) is 0. The van der Waals surface area contributed by atoms with Gasteiger partial charge in [0.05, 0.1) is 16.8 Å². The van der Waals surface area contributed by atoms with Crippen molar-refractivity contribution in [3.05, 3.63) is 94.0 Å². The van der Waals surface area contributed by atoms with Gasteiger partial charge in [-0.15, -0.1) is 0 Å². The van der Waals surface area contributed by atoms with Crippen LogP contribution in [0.1, 0.15) is 67.5 Å². The predicted molar refractivity (Wildman–Crippen MR) is 117 cm³/mol. The molecule has 30 heavy (non-hydrogen) atoms. The van der Waals surface area contributed by atoms with Gasteiger partial charge in [0.25, 0.3) is 5.91 Å². The predicted octanol–water partition coefficient (Wildman–Crippen LogP) is 4.64. The molecule has 1 aliphatic carbocycles. The summed E-state index contributed by atoms with van der Waals surface area (Å²) in [6, 6.07) is 17.2. The lowest BCUT2D eigenvalue weighted by Crippen LogP contribution is -2.25. The number of fused-ring (bicyclic) bond motifs is 2. The van der Waals surface area contributed by atoms with Gasteiger partial charge in [0.2, 0.25) is 0 Å². The van der Waals surface area contributed by atoms with Gasteiger partial charge < -0.3 is 11.1 Å². The van der Waals surface area contributed by atoms with Gasteiger partial charge in [-0.05, 0) is 42.7 Å². The Labute approximate surface area is 174 Å². The van der Waals surface area contributed by atoms with E-state index in [2.05, 4.69) is 12.2 Å². The third-order valence-electron chi connectivity index (χ3n) is 5.39. The number of amides is 1. The van der Waals surface area contributed by atoms with E-state index in [1.165, 1.54) is 5.56 Å². The molecule has 0 aromatic heterocycles. The molecule has 0 unspecified atom stereocenters. The SMILES string of the molecule is CCCCc1ccc(C(=O)Nc2ccc(N)c3c2C(=O)c2ccccc2C3=O)cc1. The molecule has 3 aromatic carbocycles. The summed E-state index contributed by atoms with van der Waals surface area (Å²) in [4.78, 5) is 38.9. The van der Waals surface area contributed by atoms with Crippen molar-refractivity contribution in [3.8, 4) is 0 Å². The molecule has 1 amide bonds. The van der Waals surface area contributed by atoms with Gasteiger partial charge in [-0.2, -0.15) is 0 Å². The molecule has 0 heterocycles. The standard InChI is InChI=1S/C25H22N2O3/c1-2-3-6-15-9-11-16(12-10-15)25(30)27-20-14-13-19(26)21-22(20)24(29)18-8-5-4-7-17(18)23(21)28/h4-5,7-14H,2-3,6,26H2,1H3,(H,27,30). The third kappa shape index (κ3) is 3.39. The summed E-state index contributed by atoms with van der Waals surface area (Å²) in [5, 5.41) is 2.79. The molecule has 0 saturated heterocycles. The molecule has 150 valence electrons. The van der Waals surface area contributed by atoms with Crippen LogP contribution < -0.4 is 11.1 Å². The molecule has 0 radical (unpaired) electrons. The summed E-state index contributed by atoms with van der Waals surface area (Å²) in [6.07, 6.45) is 3.18. The highest BCUT2D eigenvalue weighted by Gasteiger charge is 2.33. The molecule has 0 bridgehead atoms. The topological polar surface area (TPSA) is 89.3 Å². The largest absolute Gasteiger partial charge is 0.398 e. The summed E-state index contributed by atoms with van der Waals surface area (Å²) in [5.74, 6) is -0.977. The number of ketones is 2. The van der Waals surface area contributed by atoms with E-state index in [1.807, 2.05) is 12.1 Å². The summed E-state index contributed by atoms with van der Waals surface area (Å²) < 4.78 is 0. The van der Waals surface area contributed by atoms with E-state index >= 15 is 0 Å². The van der Waals surface area contributed by atoms with Gasteiger partial charge in [-0.1, -0.05) is 49.7 Å². The molecule has 3 N–H and O–H groups in total. The number of carbonyl (C=O) groups excluding carboxylic acids is 3. The molecule has 0 fully saturated rings. The third-order valence-corrected chi connectivity index (χ3v) is 5.39. The van der Waals surface area contributed by atoms with Crippen LogP contribution in [0.4, 0.5) is 11.4 Å². The van der Waals surface area contributed by atoms with Crippen molar-refractivity contribution in [3.63, 3.8) is 0 Å². The van der Waals surface area contributed by atoms with Crippen molar-refractivity contribution in [2.75, 3.05) is 11.1 Å². The lowest BCUT2D eigenvalue weighted by molar-refractivity contribution is 0.0979. The highest BCUT2D eigenvalue weighted by atomic mass is 16.2. The number of nitrogens with two attached hydrogens (primary N) is 1. The zero-order valence-electron chi connectivity index (χ0n) is 16.7. The average Bonchev–Trinajstić information content (AvgIpc) is 2.77. The number of hydrogen-bond acceptors (Lipinski definition) is 4. The molecule has 3 aromatic rings. The zero-order valence-corrected chi connectivity index (χ0v) is 16.7. The summed E-state index contributed by atoms with van der Waals surface area (Å²) >= 11 is 0. The Hall–Kier alpha value is -3.73. The van der Waals surface area contributed by atoms with Crippen LogP contribution in [0.5, 0.6) is 0 Å². The second kappa shape index (κ2) is 7.95. The van der Waals surface area contributed by atoms with E-state index in [0.717, 1.165) is 19.3 Å². The molecule has 5 heteroatoms. The van der Waals surface area contributed by atoms with Crippen molar-refractivity contribution in [1.29, 1.82) is 0 Å². The monoisotopic (exact) mass is 398 g/mol. The summed E-state index contributed by atoms with van der Waals surface area (Å²) in [6.45, 7) is 2.14. The van der Waals surface area contributed by atoms with Crippen molar-refractivity contribution in [2.24, 2.45) is 0 Å². The van der Waals surface area contributed by atoms with Gasteiger partial charge in [0.1, 0.15) is 0 Å². The van der Waals surface area contributed by atoms with Gasteiger partial charge in [-0.25, -0.2) is 0 Å². The van der Waals surface area contributed by atoms with Crippen molar-refractivity contribution in [2.45, 2.75) is 26.2 Å². The van der Waals surface area contributed by atoms with Gasteiger partial charge >= 0.3 is 0 Å². The summed E-state index contributed by atoms with van der Waals surface area (Å²) in [5.41, 5.74) is 9.13. The van der Waals surface area contributed by atoms with E-state index in [9.17, 15) is 14.4 Å². The first kappa shape index (κ1) is 19.6. The average molecular weight is 398 g/mol. The Morgan fingerprint density at radius 2 is 1.50 bits per heavy atom. The maximum absolute atomic E-state index is 13.1. The minimum Gasteiger partial charge on any atom is -0.398 e. The Kier molecular flexibility index (Phi) is 5.19. The van der Waals surface area contributed by atoms with Crippen LogP contribution in [0.3, 0.4) is 0 Å². The number of benzene rings is 3. The first-order valence-corrected chi connectivity index (χ1v) is 10.0. The first-order chi connectivity index (χ1) is 14.5. The molecule has 4 rings (SSSR count). The van der Waals surface area contributed by atoms with Crippen LogP contribution in [-0.2, 0) is 6.42 Å². The zero-order chi connectivity index (χ0) is 21.3. The quantitative estimate of drug-likeness (QED) is 0.479. The van der Waals surface area contributed by atoms with Crippen LogP contribution in [0.25, 0.3) is 0 Å². The molecule has 5 nitrogen and oxygen atoms in total. The lowest BCUT2D eigenvalue weighted by atomic mass is 9.82. The Bertz CT molecular complexity index is 1160. The van der Waals surface area contributed by atoms with Gasteiger partial charge in [0, 0.05) is 22.4 Å². The van der Waals surface area contributed by atoms with E-state index in [4.69, 9.17) is 5.73 Å². The van der Waals surface area contributed by atoms with Crippen LogP contribution in [0.2, 0.25) is 0 Å². The fourth-order valence-electron chi connectivity index (χ4n) is 3.75. The Morgan fingerprint density at radius 3 is 2.13 bits per heavy atom. The molecular formula is C25H22N2O3. The van der Waals surface area contributed by atoms with Crippen LogP contribution >= 0.6 is 0 Å². The Balaban J connectivity index is 1.67. The highest BCUT2D eigenvalue weighted by molar-refractivity contribution is 6.32. The van der Waals surface area contributed by atoms with E-state index in [0.29, 0.717) is 16.7 Å². The molecule has 0 saturated carbocycles. The van der Waals surface area contributed by atoms with E-state index in [-0.39, 0.29) is 40.0 Å². The number of aryl methyl sites for hydroxylation is 1. The normalized spacial score (nSPS) is 12.3. The fourth-order valence-corrected chi connectivity index (χ4v) is 3.75. The minimum atomic E-state index is -0.344. The number of nitrogens with one attached hydrogen (secondary N) is 1. The highest BCUT2D eigenvalue weighted by Crippen LogP contribution is 2.35. The Morgan fingerprint density at radius 1 is 0.867 bits per heavy atom.